The SMILES string of the molecule is O=C(CCC(=O)N1CCN(Cc2ccccc2)CC1)c1ccc2[nH]c(=O)oc2c1. The number of carbonyl (C=O) groups is 2. The lowest BCUT2D eigenvalue weighted by molar-refractivity contribution is -0.132. The van der Waals surface area contributed by atoms with Crippen LogP contribution < -0.4 is 5.76 Å². The van der Waals surface area contributed by atoms with Crippen molar-refractivity contribution in [2.75, 3.05) is 26.2 Å². The monoisotopic (exact) mass is 393 g/mol. The molecule has 1 saturated heterocycles. The number of piperazine rings is 1. The first-order valence-corrected chi connectivity index (χ1v) is 9.78. The van der Waals surface area contributed by atoms with Crippen molar-refractivity contribution in [1.29, 1.82) is 0 Å². The highest BCUT2D eigenvalue weighted by Gasteiger charge is 2.22. The Kier molecular flexibility index (Phi) is 5.57. The van der Waals surface area contributed by atoms with Crippen LogP contribution in [0.1, 0.15) is 28.8 Å². The Morgan fingerprint density at radius 3 is 2.48 bits per heavy atom. The molecule has 7 nitrogen and oxygen atoms in total. The number of hydrogen-bond acceptors (Lipinski definition) is 5. The van der Waals surface area contributed by atoms with Crippen molar-refractivity contribution in [1.82, 2.24) is 14.8 Å². The third kappa shape index (κ3) is 4.63. The minimum absolute atomic E-state index is 0.00645. The number of nitrogens with one attached hydrogen (secondary N) is 1. The van der Waals surface area contributed by atoms with Gasteiger partial charge >= 0.3 is 5.76 Å². The van der Waals surface area contributed by atoms with Crippen LogP contribution in [0.3, 0.4) is 0 Å². The summed E-state index contributed by atoms with van der Waals surface area (Å²) in [5.74, 6) is -0.676. The molecule has 0 saturated carbocycles. The largest absolute Gasteiger partial charge is 0.417 e. The zero-order chi connectivity index (χ0) is 20.2. The number of oxazole rings is 1. The Balaban J connectivity index is 1.26. The van der Waals surface area contributed by atoms with Gasteiger partial charge in [0.15, 0.2) is 11.4 Å². The molecule has 0 spiro atoms. The summed E-state index contributed by atoms with van der Waals surface area (Å²) in [6.45, 7) is 3.91. The van der Waals surface area contributed by atoms with Crippen molar-refractivity contribution in [3.05, 3.63) is 70.2 Å². The highest BCUT2D eigenvalue weighted by molar-refractivity contribution is 6.00. The number of nitrogens with zero attached hydrogens (tertiary/aromatic N) is 2. The van der Waals surface area contributed by atoms with E-state index in [1.807, 2.05) is 23.1 Å². The topological polar surface area (TPSA) is 86.6 Å². The van der Waals surface area contributed by atoms with Crippen LogP contribution in [0, 0.1) is 0 Å². The van der Waals surface area contributed by atoms with Crippen LogP contribution >= 0.6 is 0 Å². The summed E-state index contributed by atoms with van der Waals surface area (Å²) in [5, 5.41) is 0. The van der Waals surface area contributed by atoms with Gasteiger partial charge in [0.1, 0.15) is 0 Å². The highest BCUT2D eigenvalue weighted by Crippen LogP contribution is 2.15. The van der Waals surface area contributed by atoms with E-state index in [4.69, 9.17) is 4.42 Å². The second-order valence-corrected chi connectivity index (χ2v) is 7.29. The predicted octanol–water partition coefficient (Wildman–Crippen LogP) is 2.43. The molecule has 7 heteroatoms. The van der Waals surface area contributed by atoms with E-state index in [1.54, 1.807) is 18.2 Å². The zero-order valence-corrected chi connectivity index (χ0v) is 16.1. The van der Waals surface area contributed by atoms with Gasteiger partial charge in [0.2, 0.25) is 5.91 Å². The number of rotatable bonds is 6. The van der Waals surface area contributed by atoms with Gasteiger partial charge in [0, 0.05) is 51.1 Å². The fraction of sp³-hybridized carbons (Fsp3) is 0.318. The van der Waals surface area contributed by atoms with Gasteiger partial charge in [-0.05, 0) is 23.8 Å². The average molecular weight is 393 g/mol. The zero-order valence-electron chi connectivity index (χ0n) is 16.1. The molecular formula is C22H23N3O4. The van der Waals surface area contributed by atoms with Crippen molar-refractivity contribution in [3.8, 4) is 0 Å². The van der Waals surface area contributed by atoms with Crippen LogP contribution in [0.4, 0.5) is 0 Å². The molecule has 1 aliphatic heterocycles. The number of hydrogen-bond donors (Lipinski definition) is 1. The van der Waals surface area contributed by atoms with E-state index >= 15 is 0 Å². The van der Waals surface area contributed by atoms with Crippen LogP contribution in [0.15, 0.2) is 57.7 Å². The first-order valence-electron chi connectivity index (χ1n) is 9.78. The molecule has 1 N–H and O–H groups in total. The van der Waals surface area contributed by atoms with E-state index in [0.717, 1.165) is 19.6 Å². The Morgan fingerprint density at radius 2 is 1.72 bits per heavy atom. The Hall–Kier alpha value is -3.19. The standard InChI is InChI=1S/C22H23N3O4/c26-19(17-6-7-18-20(14-17)29-22(28)23-18)8-9-21(27)25-12-10-24(11-13-25)15-16-4-2-1-3-5-16/h1-7,14H,8-13,15H2,(H,23,28). The minimum atomic E-state index is -0.550. The lowest BCUT2D eigenvalue weighted by atomic mass is 10.1. The molecule has 0 bridgehead atoms. The number of carbonyl (C=O) groups excluding carboxylic acids is 2. The lowest BCUT2D eigenvalue weighted by Crippen LogP contribution is -2.48. The number of ketones is 1. The van der Waals surface area contributed by atoms with Crippen LogP contribution in [-0.4, -0.2) is 52.7 Å². The van der Waals surface area contributed by atoms with Crippen molar-refractivity contribution in [2.24, 2.45) is 0 Å². The molecule has 1 aliphatic rings. The quantitative estimate of drug-likeness (QED) is 0.650. The van der Waals surface area contributed by atoms with Crippen LogP contribution in [0.25, 0.3) is 11.1 Å². The molecule has 3 aromatic rings. The number of aromatic amines is 1. The molecule has 0 radical (unpaired) electrons. The number of Topliss-reactive ketones (excluding diaryl/α,β-unsaturated/α-hetero) is 1. The summed E-state index contributed by atoms with van der Waals surface area (Å²) in [4.78, 5) is 42.9. The predicted molar refractivity (Wildman–Crippen MR) is 109 cm³/mol. The van der Waals surface area contributed by atoms with Gasteiger partial charge in [0.05, 0.1) is 5.52 Å². The van der Waals surface area contributed by atoms with Gasteiger partial charge < -0.3 is 9.32 Å². The Labute approximate surface area is 167 Å². The smallest absolute Gasteiger partial charge is 0.408 e. The highest BCUT2D eigenvalue weighted by atomic mass is 16.4. The molecule has 2 aromatic carbocycles. The van der Waals surface area contributed by atoms with Gasteiger partial charge in [-0.3, -0.25) is 19.5 Å². The van der Waals surface area contributed by atoms with Crippen molar-refractivity contribution in [3.63, 3.8) is 0 Å². The van der Waals surface area contributed by atoms with E-state index in [1.165, 1.54) is 5.56 Å². The number of benzene rings is 2. The van der Waals surface area contributed by atoms with E-state index < -0.39 is 5.76 Å². The minimum Gasteiger partial charge on any atom is -0.408 e. The second kappa shape index (κ2) is 8.45. The second-order valence-electron chi connectivity index (χ2n) is 7.29. The molecule has 1 fully saturated rings. The van der Waals surface area contributed by atoms with Crippen LogP contribution in [-0.2, 0) is 11.3 Å². The maximum Gasteiger partial charge on any atom is 0.417 e. The molecular weight excluding hydrogens is 370 g/mol. The molecule has 1 aromatic heterocycles. The van der Waals surface area contributed by atoms with Crippen LogP contribution in [0.2, 0.25) is 0 Å². The number of H-pyrrole nitrogens is 1. The summed E-state index contributed by atoms with van der Waals surface area (Å²) in [7, 11) is 0. The van der Waals surface area contributed by atoms with E-state index in [0.29, 0.717) is 29.8 Å². The lowest BCUT2D eigenvalue weighted by Gasteiger charge is -2.34. The maximum absolute atomic E-state index is 12.5. The van der Waals surface area contributed by atoms with Gasteiger partial charge in [-0.2, -0.15) is 0 Å². The molecule has 4 rings (SSSR count). The molecule has 150 valence electrons. The first kappa shape index (κ1) is 19.1. The molecule has 29 heavy (non-hydrogen) atoms. The molecule has 2 heterocycles. The third-order valence-electron chi connectivity index (χ3n) is 5.28. The van der Waals surface area contributed by atoms with Gasteiger partial charge in [-0.1, -0.05) is 30.3 Å². The first-order chi connectivity index (χ1) is 14.1. The van der Waals surface area contributed by atoms with Gasteiger partial charge in [0.25, 0.3) is 0 Å². The van der Waals surface area contributed by atoms with E-state index in [2.05, 4.69) is 22.0 Å². The van der Waals surface area contributed by atoms with E-state index in [-0.39, 0.29) is 24.5 Å². The fourth-order valence-electron chi connectivity index (χ4n) is 3.64. The number of fused-ring (bicyclic) bond motifs is 1. The van der Waals surface area contributed by atoms with Gasteiger partial charge in [-0.25, -0.2) is 4.79 Å². The van der Waals surface area contributed by atoms with Crippen molar-refractivity contribution in [2.45, 2.75) is 19.4 Å². The number of amides is 1. The summed E-state index contributed by atoms with van der Waals surface area (Å²) < 4.78 is 4.99. The Bertz CT molecular complexity index is 1060. The normalized spacial score (nSPS) is 15.0. The average Bonchev–Trinajstić information content (AvgIpc) is 3.12. The molecule has 1 amide bonds. The van der Waals surface area contributed by atoms with Crippen LogP contribution in [0.5, 0.6) is 0 Å². The van der Waals surface area contributed by atoms with E-state index in [9.17, 15) is 14.4 Å². The van der Waals surface area contributed by atoms with Gasteiger partial charge in [-0.15, -0.1) is 0 Å². The maximum atomic E-state index is 12.5. The summed E-state index contributed by atoms with van der Waals surface area (Å²) in [6, 6.07) is 15.1. The number of aromatic nitrogens is 1. The third-order valence-corrected chi connectivity index (χ3v) is 5.28. The summed E-state index contributed by atoms with van der Waals surface area (Å²) in [5.41, 5.74) is 2.62. The fourth-order valence-corrected chi connectivity index (χ4v) is 3.64. The summed E-state index contributed by atoms with van der Waals surface area (Å²) in [6.07, 6.45) is 0.329. The Morgan fingerprint density at radius 1 is 0.966 bits per heavy atom. The molecule has 0 unspecified atom stereocenters. The van der Waals surface area contributed by atoms with Crippen molar-refractivity contribution < 1.29 is 14.0 Å². The van der Waals surface area contributed by atoms with Crippen molar-refractivity contribution >= 4 is 22.8 Å². The molecule has 0 aliphatic carbocycles. The summed E-state index contributed by atoms with van der Waals surface area (Å²) >= 11 is 0. The molecule has 0 atom stereocenters.